The second kappa shape index (κ2) is 17.7. The molecule has 0 heterocycles. The van der Waals surface area contributed by atoms with Crippen molar-refractivity contribution < 1.29 is 19.7 Å². The normalized spacial score (nSPS) is 12.4. The molecule has 0 aromatic heterocycles. The Morgan fingerprint density at radius 2 is 1.00 bits per heavy atom. The van der Waals surface area contributed by atoms with Crippen molar-refractivity contribution in [1.29, 1.82) is 0 Å². The van der Waals surface area contributed by atoms with Crippen LogP contribution in [-0.4, -0.2) is 26.6 Å². The summed E-state index contributed by atoms with van der Waals surface area (Å²) in [7, 11) is 0. The minimum absolute atomic E-state index is 0.221. The van der Waals surface area contributed by atoms with Crippen LogP contribution in [0.1, 0.15) is 149 Å². The first-order chi connectivity index (χ1) is 21.0. The summed E-state index contributed by atoms with van der Waals surface area (Å²) in [6.45, 7) is 19.2. The van der Waals surface area contributed by atoms with Gasteiger partial charge in [0.25, 0.3) is 0 Å². The third-order valence-corrected chi connectivity index (χ3v) is 9.07. The first kappa shape index (κ1) is 39.0. The van der Waals surface area contributed by atoms with Crippen LogP contribution >= 0.6 is 24.4 Å². The Morgan fingerprint density at radius 1 is 0.622 bits per heavy atom. The predicted molar refractivity (Wildman–Crippen MR) is 198 cm³/mol. The van der Waals surface area contributed by atoms with Crippen molar-refractivity contribution >= 4 is 34.5 Å². The lowest BCUT2D eigenvalue weighted by molar-refractivity contribution is -0.105. The summed E-state index contributed by atoms with van der Waals surface area (Å²) in [5.74, 6) is 0.596. The highest BCUT2D eigenvalue weighted by atomic mass is 32.1. The number of phenols is 2. The van der Waals surface area contributed by atoms with E-state index in [9.17, 15) is 10.2 Å². The number of ether oxygens (including phenoxy) is 2. The lowest BCUT2D eigenvalue weighted by Gasteiger charge is -2.38. The summed E-state index contributed by atoms with van der Waals surface area (Å²) in [6.07, 6.45) is 10.8. The Bertz CT molecular complexity index is 1150. The van der Waals surface area contributed by atoms with Gasteiger partial charge in [0.05, 0.1) is 0 Å². The molecule has 45 heavy (non-hydrogen) atoms. The van der Waals surface area contributed by atoms with E-state index in [1.165, 1.54) is 12.8 Å². The smallest absolute Gasteiger partial charge is 0.248 e. The molecule has 0 saturated carbocycles. The molecule has 0 saturated heterocycles. The molecule has 0 aliphatic heterocycles. The minimum Gasteiger partial charge on any atom is -0.508 e. The van der Waals surface area contributed by atoms with Crippen molar-refractivity contribution in [1.82, 2.24) is 0 Å². The van der Waals surface area contributed by atoms with Gasteiger partial charge in [-0.1, -0.05) is 125 Å². The van der Waals surface area contributed by atoms with Gasteiger partial charge in [-0.25, -0.2) is 0 Å². The highest BCUT2D eigenvalue weighted by Gasteiger charge is 2.40. The molecule has 0 unspecified atom stereocenters. The fraction of sp³-hybridized carbons (Fsp3) is 0.641. The van der Waals surface area contributed by atoms with Gasteiger partial charge in [-0.2, -0.15) is 0 Å². The molecule has 4 nitrogen and oxygen atoms in total. The largest absolute Gasteiger partial charge is 0.508 e. The van der Waals surface area contributed by atoms with E-state index in [0.29, 0.717) is 47.3 Å². The summed E-state index contributed by atoms with van der Waals surface area (Å²) in [6, 6.07) is 11.8. The van der Waals surface area contributed by atoms with Crippen molar-refractivity contribution in [2.75, 3.05) is 0 Å². The van der Waals surface area contributed by atoms with E-state index in [0.717, 1.165) is 60.8 Å². The molecular weight excluding hydrogens is 597 g/mol. The number of benzene rings is 2. The highest BCUT2D eigenvalue weighted by Crippen LogP contribution is 2.40. The van der Waals surface area contributed by atoms with Crippen LogP contribution in [0.4, 0.5) is 0 Å². The van der Waals surface area contributed by atoms with E-state index in [4.69, 9.17) is 33.9 Å². The van der Waals surface area contributed by atoms with Crippen molar-refractivity contribution in [2.24, 2.45) is 5.41 Å². The van der Waals surface area contributed by atoms with E-state index in [1.807, 2.05) is 12.1 Å². The molecule has 0 radical (unpaired) electrons. The molecule has 0 aliphatic carbocycles. The fourth-order valence-corrected chi connectivity index (χ4v) is 6.27. The van der Waals surface area contributed by atoms with Crippen LogP contribution in [0.3, 0.4) is 0 Å². The Morgan fingerprint density at radius 3 is 1.33 bits per heavy atom. The van der Waals surface area contributed by atoms with E-state index in [1.54, 1.807) is 12.1 Å². The zero-order valence-electron chi connectivity index (χ0n) is 29.6. The lowest BCUT2D eigenvalue weighted by Crippen LogP contribution is -2.42. The van der Waals surface area contributed by atoms with Gasteiger partial charge < -0.3 is 19.7 Å². The summed E-state index contributed by atoms with van der Waals surface area (Å²) in [4.78, 5) is 0. The summed E-state index contributed by atoms with van der Waals surface area (Å²) < 4.78 is 13.2. The summed E-state index contributed by atoms with van der Waals surface area (Å²) in [5.41, 5.74) is 2.93. The number of phenolic OH excluding ortho intramolecular Hbond substituents is 2. The Balaban J connectivity index is 2.58. The molecule has 0 spiro atoms. The molecule has 0 amide bonds. The van der Waals surface area contributed by atoms with Crippen molar-refractivity contribution in [3.8, 4) is 11.5 Å². The average Bonchev–Trinajstić information content (AvgIpc) is 2.94. The number of rotatable bonds is 17. The van der Waals surface area contributed by atoms with Crippen LogP contribution in [0.5, 0.6) is 11.5 Å². The van der Waals surface area contributed by atoms with Crippen LogP contribution in [0, 0.1) is 5.41 Å². The maximum absolute atomic E-state index is 10.7. The monoisotopic (exact) mass is 656 g/mol. The van der Waals surface area contributed by atoms with E-state index in [-0.39, 0.29) is 10.8 Å². The zero-order valence-corrected chi connectivity index (χ0v) is 31.2. The Kier molecular flexibility index (Phi) is 15.3. The predicted octanol–water partition coefficient (Wildman–Crippen LogP) is 11.4. The van der Waals surface area contributed by atoms with Crippen molar-refractivity contribution in [3.05, 3.63) is 58.7 Å². The SMILES string of the molecule is CCCCCCC(=S)OC(OC(=S)CCCCCC)C(C)(Cc1ccc(O)c(C(C)(C)C)c1)Cc1ccc(O)c(C(C)(C)C)c1. The molecule has 6 heteroatoms. The molecular formula is C39H60O4S2. The Hall–Kier alpha value is -2.18. The van der Waals surface area contributed by atoms with Gasteiger partial charge in [-0.15, -0.1) is 0 Å². The van der Waals surface area contributed by atoms with Gasteiger partial charge in [-0.05, 0) is 95.3 Å². The number of unbranched alkanes of at least 4 members (excludes halogenated alkanes) is 6. The van der Waals surface area contributed by atoms with Gasteiger partial charge in [0, 0.05) is 18.3 Å². The first-order valence-electron chi connectivity index (χ1n) is 17.0. The zero-order chi connectivity index (χ0) is 33.8. The molecule has 252 valence electrons. The van der Waals surface area contributed by atoms with Crippen LogP contribution in [-0.2, 0) is 33.1 Å². The number of hydrogen-bond acceptors (Lipinski definition) is 6. The second-order valence-electron chi connectivity index (χ2n) is 15.1. The number of thiocarbonyl (C=S) groups is 2. The molecule has 0 fully saturated rings. The standard InChI is InChI=1S/C39H60O4S2/c1-10-12-14-16-18-34(44)42-36(43-35(45)19-17-15-13-11-2)39(9,26-28-20-22-32(40)30(24-28)37(3,4)5)27-29-21-23-33(41)31(25-29)38(6,7)8/h20-25,36,40-41H,10-19,26-27H2,1-9H3. The molecule has 0 bridgehead atoms. The number of aromatic hydroxyl groups is 2. The molecule has 2 rings (SSSR count). The van der Waals surface area contributed by atoms with E-state index in [2.05, 4.69) is 74.4 Å². The van der Waals surface area contributed by atoms with Crippen LogP contribution in [0.15, 0.2) is 36.4 Å². The third-order valence-electron chi connectivity index (χ3n) is 8.47. The molecule has 0 atom stereocenters. The maximum Gasteiger partial charge on any atom is 0.248 e. The number of hydrogen-bond donors (Lipinski definition) is 2. The van der Waals surface area contributed by atoms with Gasteiger partial charge >= 0.3 is 0 Å². The Labute approximate surface area is 285 Å². The first-order valence-corrected chi connectivity index (χ1v) is 17.9. The van der Waals surface area contributed by atoms with Crippen molar-refractivity contribution in [2.45, 2.75) is 156 Å². The van der Waals surface area contributed by atoms with Crippen molar-refractivity contribution in [3.63, 3.8) is 0 Å². The lowest BCUT2D eigenvalue weighted by atomic mass is 9.75. The van der Waals surface area contributed by atoms with Gasteiger partial charge in [-0.3, -0.25) is 0 Å². The molecule has 0 aliphatic rings. The van der Waals surface area contributed by atoms with E-state index < -0.39 is 11.7 Å². The van der Waals surface area contributed by atoms with Crippen LogP contribution in [0.25, 0.3) is 0 Å². The maximum atomic E-state index is 10.7. The van der Waals surface area contributed by atoms with E-state index >= 15 is 0 Å². The van der Waals surface area contributed by atoms with Gasteiger partial charge in [0.1, 0.15) is 11.5 Å². The molecule has 2 aromatic carbocycles. The topological polar surface area (TPSA) is 58.9 Å². The van der Waals surface area contributed by atoms with Crippen LogP contribution in [0.2, 0.25) is 0 Å². The fourth-order valence-electron chi connectivity index (χ4n) is 5.81. The van der Waals surface area contributed by atoms with Gasteiger partial charge in [0.2, 0.25) is 6.29 Å². The van der Waals surface area contributed by atoms with Gasteiger partial charge in [0.15, 0.2) is 10.1 Å². The van der Waals surface area contributed by atoms with Crippen LogP contribution < -0.4 is 0 Å². The quantitative estimate of drug-likeness (QED) is 0.100. The molecule has 2 aromatic rings. The third kappa shape index (κ3) is 12.9. The summed E-state index contributed by atoms with van der Waals surface area (Å²) in [5, 5.41) is 22.5. The summed E-state index contributed by atoms with van der Waals surface area (Å²) >= 11 is 11.6. The highest BCUT2D eigenvalue weighted by molar-refractivity contribution is 7.80. The second-order valence-corrected chi connectivity index (χ2v) is 16.1. The molecule has 2 N–H and O–H groups in total. The average molecular weight is 657 g/mol. The minimum atomic E-state index is -0.700.